The summed E-state index contributed by atoms with van der Waals surface area (Å²) < 4.78 is 32.5. The van der Waals surface area contributed by atoms with E-state index < -0.39 is 34.3 Å². The van der Waals surface area contributed by atoms with Gasteiger partial charge in [-0.05, 0) is 19.6 Å². The van der Waals surface area contributed by atoms with Gasteiger partial charge in [0.15, 0.2) is 0 Å². The Morgan fingerprint density at radius 3 is 2.65 bits per heavy atom. The maximum absolute atomic E-state index is 12.3. The summed E-state index contributed by atoms with van der Waals surface area (Å²) >= 11 is 1.38. The molecule has 2 heterocycles. The number of fused-ring (bicyclic) bond motifs is 1. The second-order valence-electron chi connectivity index (χ2n) is 5.13. The van der Waals surface area contributed by atoms with Crippen LogP contribution in [0.3, 0.4) is 0 Å². The highest BCUT2D eigenvalue weighted by Crippen LogP contribution is 2.47. The molecule has 0 bridgehead atoms. The number of nitrogens with zero attached hydrogens (tertiary/aromatic N) is 1. The summed E-state index contributed by atoms with van der Waals surface area (Å²) in [5.74, 6) is -1.59. The molecule has 0 spiro atoms. The Hall–Kier alpha value is -1.10. The Bertz CT molecular complexity index is 643. The number of aliphatic carboxylic acids is 1. The molecule has 1 amide bonds. The largest absolute Gasteiger partial charge is 0.477 e. The molecule has 10 heteroatoms. The lowest BCUT2D eigenvalue weighted by atomic mass is 9.83. The van der Waals surface area contributed by atoms with Crippen molar-refractivity contribution in [3.05, 3.63) is 10.6 Å². The molecule has 0 aliphatic carbocycles. The van der Waals surface area contributed by atoms with E-state index in [1.165, 1.54) is 30.5 Å². The predicted molar refractivity (Wildman–Crippen MR) is 82.6 cm³/mol. The first kappa shape index (κ1) is 18.2. The number of hydrogen-bond acceptors (Lipinski definition) is 7. The van der Waals surface area contributed by atoms with Crippen molar-refractivity contribution in [3.8, 4) is 0 Å². The van der Waals surface area contributed by atoms with Crippen molar-refractivity contribution in [2.24, 2.45) is 5.92 Å². The van der Waals surface area contributed by atoms with Crippen LogP contribution in [0, 0.1) is 5.92 Å². The van der Waals surface area contributed by atoms with Crippen LogP contribution in [-0.2, 0) is 28.4 Å². The van der Waals surface area contributed by atoms with Gasteiger partial charge in [-0.25, -0.2) is 13.2 Å². The van der Waals surface area contributed by atoms with Crippen molar-refractivity contribution in [1.82, 2.24) is 4.90 Å². The van der Waals surface area contributed by atoms with E-state index in [1.54, 1.807) is 0 Å². The van der Waals surface area contributed by atoms with Gasteiger partial charge in [-0.15, -0.1) is 11.8 Å². The summed E-state index contributed by atoms with van der Waals surface area (Å²) in [7, 11) is -4.16. The summed E-state index contributed by atoms with van der Waals surface area (Å²) in [4.78, 5) is 25.6. The molecule has 2 aliphatic rings. The molecule has 1 unspecified atom stereocenters. The molecule has 2 aliphatic heterocycles. The van der Waals surface area contributed by atoms with Gasteiger partial charge in [0.05, 0.1) is 24.7 Å². The van der Waals surface area contributed by atoms with Crippen LogP contribution in [0.1, 0.15) is 27.2 Å². The number of hydrogen-bond donors (Lipinski definition) is 1. The summed E-state index contributed by atoms with van der Waals surface area (Å²) in [5, 5.41) is 9.32. The van der Waals surface area contributed by atoms with Crippen molar-refractivity contribution < 1.29 is 31.5 Å². The van der Waals surface area contributed by atoms with Gasteiger partial charge in [-0.1, -0.05) is 6.92 Å². The van der Waals surface area contributed by atoms with E-state index in [0.29, 0.717) is 17.1 Å². The van der Waals surface area contributed by atoms with Crippen molar-refractivity contribution >= 4 is 34.0 Å². The molecule has 0 saturated carbocycles. The Labute approximate surface area is 139 Å². The number of β-lactam (4-membered cyclic amide) rings is 1. The SMILES string of the molecule is CCOS(=O)(=O)O[C@@H](C)[C@@H]1C(=O)N2C(C(=O)O)=C(SCC)CC12. The third kappa shape index (κ3) is 3.39. The third-order valence-corrected chi connectivity index (χ3v) is 5.79. The zero-order valence-electron chi connectivity index (χ0n) is 13.0. The number of amides is 1. The second kappa shape index (κ2) is 6.80. The summed E-state index contributed by atoms with van der Waals surface area (Å²) in [6, 6.07) is -0.380. The van der Waals surface area contributed by atoms with Crippen molar-refractivity contribution in [3.63, 3.8) is 0 Å². The minimum absolute atomic E-state index is 0.00275. The monoisotopic (exact) mass is 365 g/mol. The minimum atomic E-state index is -4.16. The number of thioether (sulfide) groups is 1. The molecule has 1 fully saturated rings. The molecule has 1 N–H and O–H groups in total. The quantitative estimate of drug-likeness (QED) is 0.633. The fourth-order valence-corrected chi connectivity index (χ4v) is 4.73. The van der Waals surface area contributed by atoms with Gasteiger partial charge in [0.2, 0.25) is 5.91 Å². The number of rotatable bonds is 8. The minimum Gasteiger partial charge on any atom is -0.477 e. The van der Waals surface area contributed by atoms with Crippen LogP contribution in [0.4, 0.5) is 0 Å². The van der Waals surface area contributed by atoms with E-state index in [2.05, 4.69) is 4.18 Å². The predicted octanol–water partition coefficient (Wildman–Crippen LogP) is 0.953. The highest BCUT2D eigenvalue weighted by Gasteiger charge is 2.57. The number of carbonyl (C=O) groups excluding carboxylic acids is 1. The van der Waals surface area contributed by atoms with E-state index in [1.807, 2.05) is 6.92 Å². The van der Waals surface area contributed by atoms with Gasteiger partial charge >= 0.3 is 16.4 Å². The molecule has 1 saturated heterocycles. The van der Waals surface area contributed by atoms with Crippen molar-refractivity contribution in [2.75, 3.05) is 12.4 Å². The lowest BCUT2D eigenvalue weighted by molar-refractivity contribution is -0.160. The van der Waals surface area contributed by atoms with Crippen LogP contribution in [0.2, 0.25) is 0 Å². The van der Waals surface area contributed by atoms with E-state index in [0.717, 1.165) is 0 Å². The number of carbonyl (C=O) groups is 2. The summed E-state index contributed by atoms with van der Waals surface area (Å²) in [6.45, 7) is 4.82. The second-order valence-corrected chi connectivity index (χ2v) is 7.74. The van der Waals surface area contributed by atoms with E-state index in [4.69, 9.17) is 4.18 Å². The maximum Gasteiger partial charge on any atom is 0.400 e. The van der Waals surface area contributed by atoms with Crippen LogP contribution in [0.5, 0.6) is 0 Å². The van der Waals surface area contributed by atoms with E-state index in [-0.39, 0.29) is 18.3 Å². The molecule has 8 nitrogen and oxygen atoms in total. The highest BCUT2D eigenvalue weighted by molar-refractivity contribution is 8.03. The smallest absolute Gasteiger partial charge is 0.400 e. The first-order chi connectivity index (χ1) is 10.7. The van der Waals surface area contributed by atoms with Gasteiger partial charge in [-0.2, -0.15) is 8.42 Å². The average molecular weight is 365 g/mol. The first-order valence-electron chi connectivity index (χ1n) is 7.23. The Morgan fingerprint density at radius 2 is 2.13 bits per heavy atom. The number of carboxylic acid groups (broad SMARTS) is 1. The summed E-state index contributed by atoms with van der Waals surface area (Å²) in [5.41, 5.74) is 0.00275. The topological polar surface area (TPSA) is 110 Å². The number of carboxylic acids is 1. The van der Waals surface area contributed by atoms with Crippen molar-refractivity contribution in [2.45, 2.75) is 39.3 Å². The first-order valence-corrected chi connectivity index (χ1v) is 9.55. The molecular formula is C13H19NO7S2. The normalized spacial score (nSPS) is 25.3. The van der Waals surface area contributed by atoms with Gasteiger partial charge < -0.3 is 10.0 Å². The molecule has 130 valence electrons. The van der Waals surface area contributed by atoms with Crippen LogP contribution >= 0.6 is 11.8 Å². The zero-order chi connectivity index (χ0) is 17.4. The molecule has 2 rings (SSSR count). The summed E-state index contributed by atoms with van der Waals surface area (Å²) in [6.07, 6.45) is -0.514. The molecule has 23 heavy (non-hydrogen) atoms. The molecule has 0 aromatic heterocycles. The van der Waals surface area contributed by atoms with Gasteiger partial charge in [-0.3, -0.25) is 4.79 Å². The third-order valence-electron chi connectivity index (χ3n) is 3.73. The van der Waals surface area contributed by atoms with Crippen molar-refractivity contribution in [1.29, 1.82) is 0 Å². The standard InChI is InChI=1S/C13H19NO7S2/c1-4-20-23(18,19)21-7(3)10-8-6-9(22-5-2)11(13(16)17)14(8)12(10)15/h7-8,10H,4-6H2,1-3H3,(H,16,17)/t7-,8?,10-/m0/s1. The molecule has 0 radical (unpaired) electrons. The lowest BCUT2D eigenvalue weighted by Gasteiger charge is -2.45. The Kier molecular flexibility index (Phi) is 5.39. The van der Waals surface area contributed by atoms with Crippen LogP contribution < -0.4 is 0 Å². The maximum atomic E-state index is 12.3. The highest BCUT2D eigenvalue weighted by atomic mass is 32.3. The Balaban J connectivity index is 2.14. The molecule has 3 atom stereocenters. The van der Waals surface area contributed by atoms with Gasteiger partial charge in [0, 0.05) is 11.3 Å². The molecule has 0 aromatic carbocycles. The van der Waals surface area contributed by atoms with Crippen LogP contribution in [-0.4, -0.2) is 54.8 Å². The van der Waals surface area contributed by atoms with Gasteiger partial charge in [0.1, 0.15) is 5.70 Å². The van der Waals surface area contributed by atoms with Crippen LogP contribution in [0.15, 0.2) is 10.6 Å². The average Bonchev–Trinajstić information content (AvgIpc) is 2.73. The van der Waals surface area contributed by atoms with Gasteiger partial charge in [0.25, 0.3) is 0 Å². The van der Waals surface area contributed by atoms with E-state index in [9.17, 15) is 23.1 Å². The Morgan fingerprint density at radius 1 is 1.48 bits per heavy atom. The zero-order valence-corrected chi connectivity index (χ0v) is 14.6. The fourth-order valence-electron chi connectivity index (χ4n) is 2.94. The fraction of sp³-hybridized carbons (Fsp3) is 0.692. The van der Waals surface area contributed by atoms with E-state index >= 15 is 0 Å². The molecule has 0 aromatic rings. The lowest BCUT2D eigenvalue weighted by Crippen LogP contribution is -2.62. The molecular weight excluding hydrogens is 346 g/mol. The van der Waals surface area contributed by atoms with Crippen LogP contribution in [0.25, 0.3) is 0 Å².